The Morgan fingerprint density at radius 3 is 1.38 bits per heavy atom. The third-order valence-electron chi connectivity index (χ3n) is 5.76. The first kappa shape index (κ1) is 23.9. The highest BCUT2D eigenvalue weighted by Gasteiger charge is 2.13. The van der Waals surface area contributed by atoms with E-state index >= 15 is 0 Å². The maximum Gasteiger partial charge on any atom is 0.0540 e. The molecule has 24 heavy (non-hydrogen) atoms. The van der Waals surface area contributed by atoms with Gasteiger partial charge in [0, 0.05) is 0 Å². The molecule has 0 heterocycles. The molecule has 4 atom stereocenters. The van der Waals surface area contributed by atoms with Gasteiger partial charge in [0.1, 0.15) is 0 Å². The van der Waals surface area contributed by atoms with Crippen molar-refractivity contribution in [3.05, 3.63) is 0 Å². The molecule has 3 heteroatoms. The monoisotopic (exact) mass is 342 g/mol. The van der Waals surface area contributed by atoms with E-state index < -0.39 is 0 Å². The Balaban J connectivity index is 3.70. The summed E-state index contributed by atoms with van der Waals surface area (Å²) in [5.74, 6) is 2.81. The predicted octanol–water partition coefficient (Wildman–Crippen LogP) is 4.71. The van der Waals surface area contributed by atoms with E-state index in [1.54, 1.807) is 0 Å². The summed E-state index contributed by atoms with van der Waals surface area (Å²) in [5.41, 5.74) is 11.6. The van der Waals surface area contributed by atoms with Gasteiger partial charge in [0.25, 0.3) is 0 Å². The van der Waals surface area contributed by atoms with E-state index in [0.717, 1.165) is 50.6 Å². The molecule has 0 aromatic rings. The molecule has 0 aliphatic heterocycles. The topological polar surface area (TPSA) is 72.3 Å². The van der Waals surface area contributed by atoms with Crippen molar-refractivity contribution in [3.8, 4) is 0 Å². The fraction of sp³-hybridized carbons (Fsp3) is 1.00. The number of aliphatic hydroxyl groups is 1. The van der Waals surface area contributed by atoms with Gasteiger partial charge in [-0.1, -0.05) is 66.2 Å². The second-order valence-electron chi connectivity index (χ2n) is 8.22. The maximum absolute atomic E-state index is 10.2. The highest BCUT2D eigenvalue weighted by atomic mass is 16.3. The molecule has 0 saturated carbocycles. The van der Waals surface area contributed by atoms with Crippen molar-refractivity contribution in [2.24, 2.45) is 35.1 Å². The van der Waals surface area contributed by atoms with E-state index in [9.17, 15) is 5.11 Å². The van der Waals surface area contributed by atoms with E-state index in [1.165, 1.54) is 38.5 Å². The van der Waals surface area contributed by atoms with Crippen molar-refractivity contribution in [1.82, 2.24) is 0 Å². The molecule has 5 N–H and O–H groups in total. The first-order chi connectivity index (χ1) is 11.5. The van der Waals surface area contributed by atoms with Gasteiger partial charge in [-0.05, 0) is 62.4 Å². The lowest BCUT2D eigenvalue weighted by Crippen LogP contribution is -2.17. The van der Waals surface area contributed by atoms with Gasteiger partial charge < -0.3 is 16.6 Å². The van der Waals surface area contributed by atoms with Crippen molar-refractivity contribution >= 4 is 0 Å². The molecular formula is C21H46N2O. The first-order valence-electron chi connectivity index (χ1n) is 10.5. The van der Waals surface area contributed by atoms with Crippen LogP contribution in [0.4, 0.5) is 0 Å². The van der Waals surface area contributed by atoms with Gasteiger partial charge in [0.2, 0.25) is 0 Å². The quantitative estimate of drug-likeness (QED) is 0.380. The SMILES string of the molecule is CCC(CN)CC(C)CCCC(O)CCCC(C)CC(CC)CN. The Labute approximate surface area is 152 Å². The van der Waals surface area contributed by atoms with Gasteiger partial charge in [-0.2, -0.15) is 0 Å². The molecule has 0 aliphatic rings. The van der Waals surface area contributed by atoms with Crippen molar-refractivity contribution in [3.63, 3.8) is 0 Å². The van der Waals surface area contributed by atoms with Crippen LogP contribution in [0.25, 0.3) is 0 Å². The van der Waals surface area contributed by atoms with Crippen molar-refractivity contribution in [2.75, 3.05) is 13.1 Å². The zero-order valence-electron chi connectivity index (χ0n) is 17.0. The summed E-state index contributed by atoms with van der Waals surface area (Å²) in [7, 11) is 0. The Morgan fingerprint density at radius 2 is 1.08 bits per heavy atom. The third-order valence-corrected chi connectivity index (χ3v) is 5.76. The Kier molecular flexibility index (Phi) is 15.1. The summed E-state index contributed by atoms with van der Waals surface area (Å²) in [6.07, 6.45) is 11.4. The molecule has 0 aromatic carbocycles. The average Bonchev–Trinajstić information content (AvgIpc) is 2.57. The maximum atomic E-state index is 10.2. The van der Waals surface area contributed by atoms with Crippen LogP contribution in [-0.2, 0) is 0 Å². The number of hydrogen-bond acceptors (Lipinski definition) is 3. The normalized spacial score (nSPS) is 18.1. The van der Waals surface area contributed by atoms with Gasteiger partial charge >= 0.3 is 0 Å². The summed E-state index contributed by atoms with van der Waals surface area (Å²) in [6, 6.07) is 0. The van der Waals surface area contributed by atoms with E-state index in [0.29, 0.717) is 11.8 Å². The fourth-order valence-electron chi connectivity index (χ4n) is 3.78. The Morgan fingerprint density at radius 1 is 0.708 bits per heavy atom. The molecule has 0 bridgehead atoms. The van der Waals surface area contributed by atoms with E-state index in [4.69, 9.17) is 11.5 Å². The number of rotatable bonds is 16. The standard InChI is InChI=1S/C21H46N2O/c1-5-19(15-22)13-17(3)9-7-11-21(24)12-8-10-18(4)14-20(6-2)16-23/h17-21,24H,5-16,22-23H2,1-4H3. The van der Waals surface area contributed by atoms with Crippen molar-refractivity contribution in [1.29, 1.82) is 0 Å². The van der Waals surface area contributed by atoms with Crippen LogP contribution in [0.1, 0.15) is 91.9 Å². The summed E-state index contributed by atoms with van der Waals surface area (Å²) in [4.78, 5) is 0. The van der Waals surface area contributed by atoms with Crippen molar-refractivity contribution in [2.45, 2.75) is 98.0 Å². The second kappa shape index (κ2) is 15.2. The lowest BCUT2D eigenvalue weighted by molar-refractivity contribution is 0.142. The molecule has 146 valence electrons. The molecule has 0 saturated heterocycles. The first-order valence-corrected chi connectivity index (χ1v) is 10.5. The van der Waals surface area contributed by atoms with Crippen molar-refractivity contribution < 1.29 is 5.11 Å². The van der Waals surface area contributed by atoms with Crippen LogP contribution in [-0.4, -0.2) is 24.3 Å². The second-order valence-corrected chi connectivity index (χ2v) is 8.22. The Bertz CT molecular complexity index is 239. The van der Waals surface area contributed by atoms with Crippen LogP contribution in [0.15, 0.2) is 0 Å². The summed E-state index contributed by atoms with van der Waals surface area (Å²) in [5, 5.41) is 10.2. The molecule has 3 nitrogen and oxygen atoms in total. The molecule has 0 aromatic heterocycles. The zero-order chi connectivity index (χ0) is 18.4. The van der Waals surface area contributed by atoms with Gasteiger partial charge in [0.15, 0.2) is 0 Å². The smallest absolute Gasteiger partial charge is 0.0540 e. The average molecular weight is 343 g/mol. The lowest BCUT2D eigenvalue weighted by Gasteiger charge is -2.20. The molecule has 0 radical (unpaired) electrons. The van der Waals surface area contributed by atoms with Gasteiger partial charge in [-0.15, -0.1) is 0 Å². The molecule has 0 spiro atoms. The van der Waals surface area contributed by atoms with E-state index in [1.807, 2.05) is 0 Å². The van der Waals surface area contributed by atoms with Gasteiger partial charge in [0.05, 0.1) is 6.10 Å². The van der Waals surface area contributed by atoms with E-state index in [2.05, 4.69) is 27.7 Å². The van der Waals surface area contributed by atoms with Crippen LogP contribution < -0.4 is 11.5 Å². The lowest BCUT2D eigenvalue weighted by atomic mass is 9.89. The Hall–Kier alpha value is -0.120. The largest absolute Gasteiger partial charge is 0.393 e. The summed E-state index contributed by atoms with van der Waals surface area (Å²) >= 11 is 0. The number of hydrogen-bond donors (Lipinski definition) is 3. The van der Waals surface area contributed by atoms with Gasteiger partial charge in [-0.3, -0.25) is 0 Å². The molecule has 0 fully saturated rings. The fourth-order valence-corrected chi connectivity index (χ4v) is 3.78. The van der Waals surface area contributed by atoms with Crippen LogP contribution in [0, 0.1) is 23.7 Å². The highest BCUT2D eigenvalue weighted by molar-refractivity contribution is 4.67. The number of aliphatic hydroxyl groups excluding tert-OH is 1. The summed E-state index contributed by atoms with van der Waals surface area (Å²) < 4.78 is 0. The minimum absolute atomic E-state index is 0.114. The molecular weight excluding hydrogens is 296 g/mol. The molecule has 0 aliphatic carbocycles. The van der Waals surface area contributed by atoms with Crippen LogP contribution in [0.5, 0.6) is 0 Å². The number of nitrogens with two attached hydrogens (primary N) is 2. The van der Waals surface area contributed by atoms with Gasteiger partial charge in [-0.25, -0.2) is 0 Å². The van der Waals surface area contributed by atoms with Crippen LogP contribution in [0.2, 0.25) is 0 Å². The highest BCUT2D eigenvalue weighted by Crippen LogP contribution is 2.22. The minimum atomic E-state index is -0.114. The van der Waals surface area contributed by atoms with Crippen LogP contribution in [0.3, 0.4) is 0 Å². The van der Waals surface area contributed by atoms with E-state index in [-0.39, 0.29) is 6.10 Å². The zero-order valence-corrected chi connectivity index (χ0v) is 17.0. The molecule has 0 amide bonds. The third kappa shape index (κ3) is 12.3. The minimum Gasteiger partial charge on any atom is -0.393 e. The van der Waals surface area contributed by atoms with Crippen LogP contribution >= 0.6 is 0 Å². The summed E-state index contributed by atoms with van der Waals surface area (Å²) in [6.45, 7) is 10.7. The molecule has 0 rings (SSSR count). The predicted molar refractivity (Wildman–Crippen MR) is 107 cm³/mol. The molecule has 4 unspecified atom stereocenters.